The fourth-order valence-electron chi connectivity index (χ4n) is 1.29. The van der Waals surface area contributed by atoms with Crippen LogP contribution in [0.25, 0.3) is 0 Å². The van der Waals surface area contributed by atoms with Crippen molar-refractivity contribution in [1.82, 2.24) is 4.90 Å². The van der Waals surface area contributed by atoms with Crippen LogP contribution in [0.2, 0.25) is 0 Å². The van der Waals surface area contributed by atoms with Crippen molar-refractivity contribution in [3.05, 3.63) is 24.0 Å². The van der Waals surface area contributed by atoms with Crippen molar-refractivity contribution >= 4 is 0 Å². The molecule has 0 saturated carbocycles. The Labute approximate surface area is 63.0 Å². The van der Waals surface area contributed by atoms with Gasteiger partial charge in [-0.2, -0.15) is 0 Å². The van der Waals surface area contributed by atoms with E-state index in [1.807, 2.05) is 0 Å². The maximum Gasteiger partial charge on any atom is 0.0137 e. The lowest BCUT2D eigenvalue weighted by atomic mass is 10.2. The number of rotatable bonds is 1. The van der Waals surface area contributed by atoms with Crippen molar-refractivity contribution < 1.29 is 0 Å². The highest BCUT2D eigenvalue weighted by molar-refractivity contribution is 5.17. The third kappa shape index (κ3) is 1.23. The molecule has 0 aromatic rings. The van der Waals surface area contributed by atoms with Gasteiger partial charge in [-0.05, 0) is 19.3 Å². The van der Waals surface area contributed by atoms with E-state index in [9.17, 15) is 0 Å². The maximum absolute atomic E-state index is 3.95. The molecule has 1 heterocycles. The summed E-state index contributed by atoms with van der Waals surface area (Å²) < 4.78 is 0. The van der Waals surface area contributed by atoms with E-state index < -0.39 is 0 Å². The van der Waals surface area contributed by atoms with Gasteiger partial charge in [-0.3, -0.25) is 0 Å². The normalized spacial score (nSPS) is 22.8. The van der Waals surface area contributed by atoms with Gasteiger partial charge in [0, 0.05) is 18.4 Å². The fraction of sp³-hybridized carbons (Fsp3) is 0.556. The maximum atomic E-state index is 3.95. The first-order chi connectivity index (χ1) is 4.75. The van der Waals surface area contributed by atoms with E-state index >= 15 is 0 Å². The summed E-state index contributed by atoms with van der Waals surface area (Å²) in [6.07, 6.45) is 5.73. The van der Waals surface area contributed by atoms with E-state index in [-0.39, 0.29) is 0 Å². The first-order valence-corrected chi connectivity index (χ1v) is 3.86. The molecule has 0 N–H and O–H groups in total. The van der Waals surface area contributed by atoms with Crippen LogP contribution in [0.1, 0.15) is 26.2 Å². The molecule has 56 valence electrons. The Morgan fingerprint density at radius 3 is 2.70 bits per heavy atom. The molecule has 0 aliphatic carbocycles. The average molecular weight is 137 g/mol. The highest BCUT2D eigenvalue weighted by Gasteiger charge is 2.14. The zero-order valence-electron chi connectivity index (χ0n) is 6.85. The highest BCUT2D eigenvalue weighted by atomic mass is 15.1. The molecule has 0 spiro atoms. The summed E-state index contributed by atoms with van der Waals surface area (Å²) in [5, 5.41) is 0. The van der Waals surface area contributed by atoms with Crippen LogP contribution in [0.15, 0.2) is 24.0 Å². The molecule has 0 aromatic carbocycles. The monoisotopic (exact) mass is 137 g/mol. The van der Waals surface area contributed by atoms with Gasteiger partial charge in [0.05, 0.1) is 0 Å². The van der Waals surface area contributed by atoms with Crippen molar-refractivity contribution in [2.45, 2.75) is 26.2 Å². The number of hydrogen-bond donors (Lipinski definition) is 0. The number of hydrogen-bond acceptors (Lipinski definition) is 1. The Morgan fingerprint density at radius 2 is 2.30 bits per heavy atom. The van der Waals surface area contributed by atoms with Crippen molar-refractivity contribution in [2.75, 3.05) is 7.05 Å². The lowest BCUT2D eigenvalue weighted by Crippen LogP contribution is -2.07. The van der Waals surface area contributed by atoms with Crippen LogP contribution in [-0.2, 0) is 0 Å². The third-order valence-corrected chi connectivity index (χ3v) is 2.01. The Kier molecular flexibility index (Phi) is 2.15. The minimum Gasteiger partial charge on any atom is -0.353 e. The molecule has 1 nitrogen and oxygen atoms in total. The van der Waals surface area contributed by atoms with E-state index in [0.29, 0.717) is 0 Å². The summed E-state index contributed by atoms with van der Waals surface area (Å²) in [6.45, 7) is 6.12. The zero-order valence-corrected chi connectivity index (χ0v) is 6.85. The van der Waals surface area contributed by atoms with Crippen LogP contribution < -0.4 is 0 Å². The predicted octanol–water partition coefficient (Wildman–Crippen LogP) is 2.52. The van der Waals surface area contributed by atoms with Crippen LogP contribution in [0.5, 0.6) is 0 Å². The quantitative estimate of drug-likeness (QED) is 0.536. The topological polar surface area (TPSA) is 3.24 Å². The molecule has 0 bridgehead atoms. The van der Waals surface area contributed by atoms with Gasteiger partial charge in [-0.1, -0.05) is 19.6 Å². The molecular weight excluding hydrogens is 122 g/mol. The van der Waals surface area contributed by atoms with Crippen LogP contribution in [0.3, 0.4) is 0 Å². The van der Waals surface area contributed by atoms with E-state index in [1.165, 1.54) is 17.8 Å². The van der Waals surface area contributed by atoms with E-state index in [2.05, 4.69) is 31.5 Å². The predicted molar refractivity (Wildman–Crippen MR) is 44.5 cm³/mol. The second-order valence-corrected chi connectivity index (χ2v) is 2.73. The summed E-state index contributed by atoms with van der Waals surface area (Å²) in [6, 6.07) is 0. The van der Waals surface area contributed by atoms with Crippen molar-refractivity contribution in [3.8, 4) is 0 Å². The van der Waals surface area contributed by atoms with Gasteiger partial charge in [-0.15, -0.1) is 0 Å². The lowest BCUT2D eigenvalue weighted by molar-refractivity contribution is 0.558. The molecule has 0 atom stereocenters. The Bertz CT molecular complexity index is 168. The van der Waals surface area contributed by atoms with Crippen molar-refractivity contribution in [1.29, 1.82) is 0 Å². The number of nitrogens with zero attached hydrogens (tertiary/aromatic N) is 1. The van der Waals surface area contributed by atoms with Gasteiger partial charge >= 0.3 is 0 Å². The van der Waals surface area contributed by atoms with Gasteiger partial charge in [0.25, 0.3) is 0 Å². The average Bonchev–Trinajstić information content (AvgIpc) is 2.20. The molecule has 1 aliphatic rings. The molecular formula is C9H15N. The van der Waals surface area contributed by atoms with Crippen LogP contribution in [-0.4, -0.2) is 11.9 Å². The molecule has 1 rings (SSSR count). The van der Waals surface area contributed by atoms with E-state index in [1.54, 1.807) is 0 Å². The van der Waals surface area contributed by atoms with Gasteiger partial charge in [-0.25, -0.2) is 0 Å². The minimum atomic E-state index is 1.13. The summed E-state index contributed by atoms with van der Waals surface area (Å²) >= 11 is 0. The van der Waals surface area contributed by atoms with Crippen LogP contribution in [0, 0.1) is 0 Å². The number of likely N-dealkylation sites (tertiary alicyclic amines) is 1. The Balaban J connectivity index is 2.65. The lowest BCUT2D eigenvalue weighted by Gasteiger charge is -2.13. The highest BCUT2D eigenvalue weighted by Crippen LogP contribution is 2.26. The van der Waals surface area contributed by atoms with Gasteiger partial charge in [0.2, 0.25) is 0 Å². The standard InChI is InChI=1S/C9H15N/c1-4-5-9-7-6-8(2)10(9)3/h5H,2,4,6-7H2,1,3H3. The summed E-state index contributed by atoms with van der Waals surface area (Å²) in [5.41, 5.74) is 2.69. The fourth-order valence-corrected chi connectivity index (χ4v) is 1.29. The molecule has 1 fully saturated rings. The third-order valence-electron chi connectivity index (χ3n) is 2.01. The van der Waals surface area contributed by atoms with Gasteiger partial charge in [0.1, 0.15) is 0 Å². The second kappa shape index (κ2) is 2.91. The van der Waals surface area contributed by atoms with Crippen LogP contribution in [0.4, 0.5) is 0 Å². The second-order valence-electron chi connectivity index (χ2n) is 2.73. The molecule has 1 heteroatoms. The molecule has 0 amide bonds. The van der Waals surface area contributed by atoms with Gasteiger partial charge < -0.3 is 4.90 Å². The minimum absolute atomic E-state index is 1.13. The largest absolute Gasteiger partial charge is 0.353 e. The first-order valence-electron chi connectivity index (χ1n) is 3.86. The smallest absolute Gasteiger partial charge is 0.0137 e. The molecule has 10 heavy (non-hydrogen) atoms. The van der Waals surface area contributed by atoms with Crippen molar-refractivity contribution in [3.63, 3.8) is 0 Å². The van der Waals surface area contributed by atoms with E-state index in [4.69, 9.17) is 0 Å². The molecule has 0 radical (unpaired) electrons. The molecule has 0 unspecified atom stereocenters. The van der Waals surface area contributed by atoms with Crippen LogP contribution >= 0.6 is 0 Å². The Hall–Kier alpha value is -0.720. The Morgan fingerprint density at radius 1 is 1.60 bits per heavy atom. The van der Waals surface area contributed by atoms with E-state index in [0.717, 1.165) is 12.8 Å². The molecule has 1 aliphatic heterocycles. The SMILES string of the molecule is C=C1CCC(=CCC)N1C. The summed E-state index contributed by atoms with van der Waals surface area (Å²) in [7, 11) is 2.09. The first kappa shape index (κ1) is 7.39. The molecule has 0 aromatic heterocycles. The summed E-state index contributed by atoms with van der Waals surface area (Å²) in [5.74, 6) is 0. The van der Waals surface area contributed by atoms with Crippen molar-refractivity contribution in [2.24, 2.45) is 0 Å². The molecule has 1 saturated heterocycles. The summed E-state index contributed by atoms with van der Waals surface area (Å²) in [4.78, 5) is 2.20. The zero-order chi connectivity index (χ0) is 7.56. The van der Waals surface area contributed by atoms with Gasteiger partial charge in [0.15, 0.2) is 0 Å². The number of allylic oxidation sites excluding steroid dienone is 3.